The molecule has 3 amide bonds. The van der Waals surface area contributed by atoms with Crippen LogP contribution >= 0.6 is 15.9 Å². The van der Waals surface area contributed by atoms with Gasteiger partial charge in [0, 0.05) is 23.5 Å². The number of carbonyl (C=O) groups excluding carboxylic acids is 4. The summed E-state index contributed by atoms with van der Waals surface area (Å²) in [7, 11) is 0. The molecule has 10 nitrogen and oxygen atoms in total. The van der Waals surface area contributed by atoms with Crippen molar-refractivity contribution in [3.05, 3.63) is 140 Å². The molecule has 1 unspecified atom stereocenters. The van der Waals surface area contributed by atoms with Gasteiger partial charge < -0.3 is 29.7 Å². The number of amides is 3. The third-order valence-corrected chi connectivity index (χ3v) is 11.9. The van der Waals surface area contributed by atoms with Crippen LogP contribution in [0.25, 0.3) is 10.8 Å². The SMILES string of the molecule is C=CCCC(=O)NC[C@@H](OC(=O)[C@H]1[C@@H]2O[C@@]3(CC2Br)[C@@H]1C(=O)N([C@H](CO)c1ccccc1)[C@@H]3C(=O)N(CC=C)c1ccc2ccccc2c1)c1ccccc1. The van der Waals surface area contributed by atoms with Crippen LogP contribution in [0.15, 0.2) is 128 Å². The van der Waals surface area contributed by atoms with E-state index in [1.807, 2.05) is 91.0 Å². The van der Waals surface area contributed by atoms with Gasteiger partial charge in [0.1, 0.15) is 17.7 Å². The van der Waals surface area contributed by atoms with Crippen molar-refractivity contribution in [1.29, 1.82) is 0 Å². The van der Waals surface area contributed by atoms with Gasteiger partial charge in [-0.3, -0.25) is 19.2 Å². The predicted octanol–water partition coefficient (Wildman–Crippen LogP) is 6.21. The van der Waals surface area contributed by atoms with Gasteiger partial charge >= 0.3 is 5.97 Å². The zero-order chi connectivity index (χ0) is 38.7. The molecule has 3 fully saturated rings. The molecule has 11 heteroatoms. The summed E-state index contributed by atoms with van der Waals surface area (Å²) < 4.78 is 13.0. The number of benzene rings is 4. The fourth-order valence-corrected chi connectivity index (χ4v) is 9.51. The number of anilines is 1. The molecule has 4 aromatic carbocycles. The molecule has 3 aliphatic rings. The van der Waals surface area contributed by atoms with Crippen LogP contribution < -0.4 is 10.2 Å². The molecule has 3 saturated heterocycles. The maximum Gasteiger partial charge on any atom is 0.313 e. The number of halogens is 1. The van der Waals surface area contributed by atoms with E-state index in [2.05, 4.69) is 34.4 Å². The number of aliphatic hydroxyl groups is 1. The number of nitrogens with zero attached hydrogens (tertiary/aromatic N) is 2. The minimum absolute atomic E-state index is 0.0154. The minimum Gasteiger partial charge on any atom is -0.455 e. The van der Waals surface area contributed by atoms with Gasteiger partial charge in [0.2, 0.25) is 11.8 Å². The van der Waals surface area contributed by atoms with Gasteiger partial charge in [-0.2, -0.15) is 0 Å². The number of rotatable bonds is 15. The van der Waals surface area contributed by atoms with Crippen LogP contribution in [0.1, 0.15) is 42.5 Å². The van der Waals surface area contributed by atoms with E-state index in [1.165, 1.54) is 4.90 Å². The smallest absolute Gasteiger partial charge is 0.313 e. The first-order valence-electron chi connectivity index (χ1n) is 18.6. The first kappa shape index (κ1) is 38.2. The maximum atomic E-state index is 15.3. The summed E-state index contributed by atoms with van der Waals surface area (Å²) in [5, 5.41) is 15.8. The second kappa shape index (κ2) is 16.3. The second-order valence-electron chi connectivity index (χ2n) is 14.3. The molecule has 55 heavy (non-hydrogen) atoms. The average Bonchev–Trinajstić information content (AvgIpc) is 3.81. The number of hydrogen-bond acceptors (Lipinski definition) is 7. The highest BCUT2D eigenvalue weighted by Crippen LogP contribution is 2.61. The molecule has 8 atom stereocenters. The van der Waals surface area contributed by atoms with Crippen LogP contribution in [0.3, 0.4) is 0 Å². The average molecular weight is 807 g/mol. The molecule has 1 spiro atoms. The Balaban J connectivity index is 1.28. The normalized spacial score (nSPS) is 24.9. The summed E-state index contributed by atoms with van der Waals surface area (Å²) >= 11 is 3.76. The summed E-state index contributed by atoms with van der Waals surface area (Å²) in [5.74, 6) is -3.96. The lowest BCUT2D eigenvalue weighted by molar-refractivity contribution is -0.160. The highest BCUT2D eigenvalue weighted by Gasteiger charge is 2.77. The predicted molar refractivity (Wildman–Crippen MR) is 213 cm³/mol. The largest absolute Gasteiger partial charge is 0.455 e. The third kappa shape index (κ3) is 7.12. The zero-order valence-electron chi connectivity index (χ0n) is 30.3. The van der Waals surface area contributed by atoms with E-state index >= 15 is 9.59 Å². The number of ether oxygens (including phenoxy) is 2. The van der Waals surface area contributed by atoms with Crippen LogP contribution in [-0.4, -0.2) is 76.0 Å². The molecule has 0 radical (unpaired) electrons. The lowest BCUT2D eigenvalue weighted by atomic mass is 9.70. The van der Waals surface area contributed by atoms with Gasteiger partial charge in [-0.15, -0.1) is 13.2 Å². The highest BCUT2D eigenvalue weighted by molar-refractivity contribution is 9.09. The van der Waals surface area contributed by atoms with Gasteiger partial charge in [0.05, 0.1) is 37.1 Å². The highest BCUT2D eigenvalue weighted by atomic mass is 79.9. The Labute approximate surface area is 328 Å². The molecule has 0 aromatic heterocycles. The van der Waals surface area contributed by atoms with Gasteiger partial charge in [-0.05, 0) is 46.9 Å². The minimum atomic E-state index is -1.43. The number of alkyl halides is 1. The number of fused-ring (bicyclic) bond motifs is 2. The Morgan fingerprint density at radius 3 is 2.31 bits per heavy atom. The van der Waals surface area contributed by atoms with Gasteiger partial charge in [0.15, 0.2) is 0 Å². The number of likely N-dealkylation sites (tertiary alicyclic amines) is 1. The van der Waals surface area contributed by atoms with Crippen LogP contribution in [0.5, 0.6) is 0 Å². The molecule has 3 heterocycles. The first-order valence-corrected chi connectivity index (χ1v) is 19.5. The quantitative estimate of drug-likeness (QED) is 0.0833. The van der Waals surface area contributed by atoms with E-state index < -0.39 is 70.9 Å². The van der Waals surface area contributed by atoms with Crippen LogP contribution in [0.2, 0.25) is 0 Å². The van der Waals surface area contributed by atoms with E-state index in [1.54, 1.807) is 29.2 Å². The summed E-state index contributed by atoms with van der Waals surface area (Å²) in [6.45, 7) is 7.29. The topological polar surface area (TPSA) is 125 Å². The van der Waals surface area contributed by atoms with Crippen LogP contribution in [-0.2, 0) is 28.7 Å². The summed E-state index contributed by atoms with van der Waals surface area (Å²) in [6, 6.07) is 29.6. The molecular weight excluding hydrogens is 762 g/mol. The number of aliphatic hydroxyl groups excluding tert-OH is 1. The summed E-state index contributed by atoms with van der Waals surface area (Å²) in [6.07, 6.45) is 2.65. The third-order valence-electron chi connectivity index (χ3n) is 11.0. The molecule has 3 aliphatic heterocycles. The van der Waals surface area contributed by atoms with Gasteiger partial charge in [-0.25, -0.2) is 0 Å². The van der Waals surface area contributed by atoms with E-state index in [9.17, 15) is 14.7 Å². The number of allylic oxidation sites excluding steroid dienone is 1. The van der Waals surface area contributed by atoms with Crippen molar-refractivity contribution in [1.82, 2.24) is 10.2 Å². The lowest BCUT2D eigenvalue weighted by Crippen LogP contribution is -2.57. The van der Waals surface area contributed by atoms with Crippen molar-refractivity contribution in [2.45, 2.75) is 54.0 Å². The number of esters is 1. The van der Waals surface area contributed by atoms with E-state index in [4.69, 9.17) is 9.47 Å². The Bertz CT molecular complexity index is 2080. The molecule has 2 bridgehead atoms. The first-order chi connectivity index (χ1) is 26.7. The molecule has 0 aliphatic carbocycles. The van der Waals surface area contributed by atoms with Crippen molar-refractivity contribution in [2.24, 2.45) is 11.8 Å². The maximum absolute atomic E-state index is 15.3. The molecule has 284 valence electrons. The molecule has 4 aromatic rings. The Kier molecular flexibility index (Phi) is 11.3. The number of hydrogen-bond donors (Lipinski definition) is 2. The van der Waals surface area contributed by atoms with Crippen molar-refractivity contribution in [3.8, 4) is 0 Å². The lowest BCUT2D eigenvalue weighted by Gasteiger charge is -2.39. The Hall–Kier alpha value is -5.10. The van der Waals surface area contributed by atoms with Crippen molar-refractivity contribution >= 4 is 56.1 Å². The van der Waals surface area contributed by atoms with E-state index in [0.29, 0.717) is 23.2 Å². The molecule has 2 N–H and O–H groups in total. The zero-order valence-corrected chi connectivity index (χ0v) is 31.9. The van der Waals surface area contributed by atoms with Crippen molar-refractivity contribution in [2.75, 3.05) is 24.6 Å². The summed E-state index contributed by atoms with van der Waals surface area (Å²) in [5.41, 5.74) is 0.474. The van der Waals surface area contributed by atoms with Crippen molar-refractivity contribution in [3.63, 3.8) is 0 Å². The van der Waals surface area contributed by atoms with Gasteiger partial charge in [0.25, 0.3) is 5.91 Å². The monoisotopic (exact) mass is 805 g/mol. The Morgan fingerprint density at radius 1 is 0.964 bits per heavy atom. The fraction of sp³-hybridized carbons (Fsp3) is 0.318. The number of nitrogens with one attached hydrogen (secondary N) is 1. The Morgan fingerprint density at radius 2 is 1.64 bits per heavy atom. The van der Waals surface area contributed by atoms with Gasteiger partial charge in [-0.1, -0.05) is 119 Å². The molecule has 7 rings (SSSR count). The standard InChI is InChI=1S/C44H44BrN3O7/c1-3-5-20-36(50)46-26-35(30-17-10-7-11-18-30)54-43(53)37-38-41(51)48(34(27-49)29-15-8-6-9-16-29)40(44(38)25-33(45)39(37)55-44)42(52)47(23-4-2)32-22-21-28-14-12-13-19-31(28)24-32/h3-4,6-19,21-22,24,33-35,37-40,49H,1-2,5,20,23,25-27H2,(H,46,50)/t33?,34-,35-,37-,38+,39-,40-,44+/m1/s1. The summed E-state index contributed by atoms with van der Waals surface area (Å²) in [4.78, 5) is 60.2. The molecular formula is C44H44BrN3O7. The van der Waals surface area contributed by atoms with E-state index in [0.717, 1.165) is 10.8 Å². The van der Waals surface area contributed by atoms with Crippen LogP contribution in [0.4, 0.5) is 5.69 Å². The molecule has 0 saturated carbocycles. The fourth-order valence-electron chi connectivity index (χ4n) is 8.57. The van der Waals surface area contributed by atoms with Crippen LogP contribution in [0, 0.1) is 11.8 Å². The number of carbonyl (C=O) groups is 4. The second-order valence-corrected chi connectivity index (χ2v) is 15.4. The van der Waals surface area contributed by atoms with E-state index in [-0.39, 0.29) is 31.8 Å². The van der Waals surface area contributed by atoms with Crippen molar-refractivity contribution < 1.29 is 33.8 Å².